The van der Waals surface area contributed by atoms with Crippen molar-refractivity contribution in [3.63, 3.8) is 0 Å². The lowest BCUT2D eigenvalue weighted by molar-refractivity contribution is -0.116. The molecule has 1 amide bonds. The first-order valence-electron chi connectivity index (χ1n) is 5.33. The molecule has 0 unspecified atom stereocenters. The summed E-state index contributed by atoms with van der Waals surface area (Å²) in [6, 6.07) is 6.46. The molecular weight excluding hydrogens is 242 g/mol. The molecule has 0 atom stereocenters. The Morgan fingerprint density at radius 1 is 1.29 bits per heavy atom. The van der Waals surface area contributed by atoms with Crippen molar-refractivity contribution in [3.05, 3.63) is 24.3 Å². The number of amides is 1. The molecule has 1 aliphatic rings. The maximum absolute atomic E-state index is 11.7. The fourth-order valence-electron chi connectivity index (χ4n) is 1.71. The van der Waals surface area contributed by atoms with Crippen LogP contribution < -0.4 is 9.04 Å². The Balaban J connectivity index is 2.31. The van der Waals surface area contributed by atoms with Gasteiger partial charge < -0.3 is 4.74 Å². The second-order valence-electron chi connectivity index (χ2n) is 3.65. The van der Waals surface area contributed by atoms with Gasteiger partial charge in [0.2, 0.25) is 15.9 Å². The van der Waals surface area contributed by atoms with Gasteiger partial charge in [0, 0.05) is 6.42 Å². The molecule has 0 N–H and O–H groups in total. The predicted octanol–water partition coefficient (Wildman–Crippen LogP) is 1.15. The first kappa shape index (κ1) is 11.9. The molecule has 1 saturated heterocycles. The van der Waals surface area contributed by atoms with Gasteiger partial charge >= 0.3 is 0 Å². The summed E-state index contributed by atoms with van der Waals surface area (Å²) in [5.74, 6) is 0.161. The first-order valence-corrected chi connectivity index (χ1v) is 6.94. The zero-order valence-corrected chi connectivity index (χ0v) is 10.2. The molecule has 6 heteroatoms. The van der Waals surface area contributed by atoms with E-state index in [1.54, 1.807) is 24.3 Å². The van der Waals surface area contributed by atoms with Crippen molar-refractivity contribution in [2.45, 2.75) is 13.3 Å². The lowest BCUT2D eigenvalue weighted by Crippen LogP contribution is -2.29. The Labute approximate surface area is 100 Å². The summed E-state index contributed by atoms with van der Waals surface area (Å²) < 4.78 is 29.4. The van der Waals surface area contributed by atoms with Gasteiger partial charge in [0.1, 0.15) is 5.75 Å². The van der Waals surface area contributed by atoms with Crippen molar-refractivity contribution >= 4 is 21.6 Å². The van der Waals surface area contributed by atoms with E-state index in [2.05, 4.69) is 0 Å². The number of benzene rings is 1. The standard InChI is InChI=1S/C11H13NO4S/c1-2-16-10-5-3-9(4-6-10)12-11(13)7-8-17(12,14)15/h3-6H,2,7-8H2,1H3. The number of carbonyl (C=O) groups is 1. The third-order valence-corrected chi connectivity index (χ3v) is 4.15. The van der Waals surface area contributed by atoms with Crippen LogP contribution in [-0.2, 0) is 14.8 Å². The Morgan fingerprint density at radius 3 is 2.41 bits per heavy atom. The van der Waals surface area contributed by atoms with E-state index in [0.717, 1.165) is 4.31 Å². The lowest BCUT2D eigenvalue weighted by atomic mass is 10.3. The number of hydrogen-bond acceptors (Lipinski definition) is 4. The second-order valence-corrected chi connectivity index (χ2v) is 5.59. The molecule has 0 bridgehead atoms. The zero-order chi connectivity index (χ0) is 12.5. The molecule has 1 aromatic carbocycles. The van der Waals surface area contributed by atoms with Crippen LogP contribution in [0.5, 0.6) is 5.75 Å². The zero-order valence-electron chi connectivity index (χ0n) is 9.42. The minimum atomic E-state index is -3.47. The van der Waals surface area contributed by atoms with Crippen LogP contribution in [0, 0.1) is 0 Å². The molecular formula is C11H13NO4S. The van der Waals surface area contributed by atoms with E-state index in [4.69, 9.17) is 4.74 Å². The fraction of sp³-hybridized carbons (Fsp3) is 0.364. The van der Waals surface area contributed by atoms with Gasteiger partial charge in [-0.05, 0) is 31.2 Å². The number of hydrogen-bond donors (Lipinski definition) is 0. The fourth-order valence-corrected chi connectivity index (χ4v) is 3.17. The van der Waals surface area contributed by atoms with Crippen LogP contribution in [0.2, 0.25) is 0 Å². The third-order valence-electron chi connectivity index (χ3n) is 2.46. The number of sulfonamides is 1. The molecule has 1 heterocycles. The van der Waals surface area contributed by atoms with Gasteiger partial charge in [0.15, 0.2) is 0 Å². The summed E-state index contributed by atoms with van der Waals surface area (Å²) in [4.78, 5) is 11.5. The maximum Gasteiger partial charge on any atom is 0.242 e. The van der Waals surface area contributed by atoms with E-state index in [1.165, 1.54) is 0 Å². The molecule has 1 aliphatic heterocycles. The van der Waals surface area contributed by atoms with E-state index in [9.17, 15) is 13.2 Å². The van der Waals surface area contributed by atoms with Crippen molar-refractivity contribution in [2.24, 2.45) is 0 Å². The lowest BCUT2D eigenvalue weighted by Gasteiger charge is -2.15. The van der Waals surface area contributed by atoms with Gasteiger partial charge in [-0.25, -0.2) is 12.7 Å². The topological polar surface area (TPSA) is 63.7 Å². The van der Waals surface area contributed by atoms with Gasteiger partial charge in [-0.15, -0.1) is 0 Å². The van der Waals surface area contributed by atoms with Crippen LogP contribution in [0.1, 0.15) is 13.3 Å². The highest BCUT2D eigenvalue weighted by molar-refractivity contribution is 7.94. The van der Waals surface area contributed by atoms with Crippen molar-refractivity contribution in [2.75, 3.05) is 16.7 Å². The minimum Gasteiger partial charge on any atom is -0.494 e. The summed E-state index contributed by atoms with van der Waals surface area (Å²) in [5.41, 5.74) is 0.371. The summed E-state index contributed by atoms with van der Waals surface area (Å²) in [6.45, 7) is 2.41. The Bertz CT molecular complexity index is 521. The summed E-state index contributed by atoms with van der Waals surface area (Å²) in [7, 11) is -3.47. The SMILES string of the molecule is CCOc1ccc(N2C(=O)CCS2(=O)=O)cc1. The average molecular weight is 255 g/mol. The molecule has 0 saturated carbocycles. The van der Waals surface area contributed by atoms with Crippen LogP contribution >= 0.6 is 0 Å². The van der Waals surface area contributed by atoms with Crippen LogP contribution in [0.15, 0.2) is 24.3 Å². The number of nitrogens with zero attached hydrogens (tertiary/aromatic N) is 1. The highest BCUT2D eigenvalue weighted by atomic mass is 32.2. The minimum absolute atomic E-state index is 0.0511. The van der Waals surface area contributed by atoms with Crippen LogP contribution in [0.4, 0.5) is 5.69 Å². The molecule has 0 aromatic heterocycles. The van der Waals surface area contributed by atoms with Crippen LogP contribution in [0.3, 0.4) is 0 Å². The number of carbonyl (C=O) groups excluding carboxylic acids is 1. The van der Waals surface area contributed by atoms with Crippen molar-refractivity contribution in [1.82, 2.24) is 0 Å². The normalized spacial score (nSPS) is 18.4. The molecule has 1 fully saturated rings. The third kappa shape index (κ3) is 2.26. The van der Waals surface area contributed by atoms with E-state index in [1.807, 2.05) is 6.92 Å². The maximum atomic E-state index is 11.7. The molecule has 0 radical (unpaired) electrons. The van der Waals surface area contributed by atoms with E-state index < -0.39 is 10.0 Å². The highest BCUT2D eigenvalue weighted by Gasteiger charge is 2.36. The largest absolute Gasteiger partial charge is 0.494 e. The van der Waals surface area contributed by atoms with E-state index >= 15 is 0 Å². The average Bonchev–Trinajstić information content (AvgIpc) is 2.55. The smallest absolute Gasteiger partial charge is 0.242 e. The molecule has 17 heavy (non-hydrogen) atoms. The summed E-state index contributed by atoms with van der Waals surface area (Å²) in [6.07, 6.45) is 0.0511. The molecule has 0 spiro atoms. The van der Waals surface area contributed by atoms with Crippen molar-refractivity contribution in [3.8, 4) is 5.75 Å². The Kier molecular flexibility index (Phi) is 3.06. The van der Waals surface area contributed by atoms with Gasteiger partial charge in [0.05, 0.1) is 18.0 Å². The first-order chi connectivity index (χ1) is 8.04. The van der Waals surface area contributed by atoms with Crippen molar-refractivity contribution < 1.29 is 17.9 Å². The van der Waals surface area contributed by atoms with Gasteiger partial charge in [-0.1, -0.05) is 0 Å². The van der Waals surface area contributed by atoms with Gasteiger partial charge in [0.25, 0.3) is 0 Å². The molecule has 1 aromatic rings. The van der Waals surface area contributed by atoms with Gasteiger partial charge in [-0.2, -0.15) is 0 Å². The molecule has 5 nitrogen and oxygen atoms in total. The highest BCUT2D eigenvalue weighted by Crippen LogP contribution is 2.26. The monoisotopic (exact) mass is 255 g/mol. The Morgan fingerprint density at radius 2 is 1.94 bits per heavy atom. The molecule has 92 valence electrons. The number of ether oxygens (including phenoxy) is 1. The summed E-state index contributed by atoms with van der Waals surface area (Å²) in [5, 5.41) is 0. The number of anilines is 1. The number of rotatable bonds is 3. The van der Waals surface area contributed by atoms with E-state index in [0.29, 0.717) is 18.0 Å². The quantitative estimate of drug-likeness (QED) is 0.812. The summed E-state index contributed by atoms with van der Waals surface area (Å²) >= 11 is 0. The predicted molar refractivity (Wildman–Crippen MR) is 63.5 cm³/mol. The molecule has 2 rings (SSSR count). The van der Waals surface area contributed by atoms with Crippen LogP contribution in [0.25, 0.3) is 0 Å². The van der Waals surface area contributed by atoms with E-state index in [-0.39, 0.29) is 18.1 Å². The van der Waals surface area contributed by atoms with Crippen molar-refractivity contribution in [1.29, 1.82) is 0 Å². The Hall–Kier alpha value is -1.56. The molecule has 0 aliphatic carbocycles. The second kappa shape index (κ2) is 4.37. The van der Waals surface area contributed by atoms with Crippen LogP contribution in [-0.4, -0.2) is 26.7 Å². The van der Waals surface area contributed by atoms with Gasteiger partial charge in [-0.3, -0.25) is 4.79 Å².